The van der Waals surface area contributed by atoms with Crippen LogP contribution >= 0.6 is 0 Å². The van der Waals surface area contributed by atoms with Crippen molar-refractivity contribution in [3.8, 4) is 0 Å². The number of rotatable bonds is 4. The second-order valence-corrected chi connectivity index (χ2v) is 12.3. The fourth-order valence-corrected chi connectivity index (χ4v) is 2.29. The van der Waals surface area contributed by atoms with Crippen LogP contribution < -0.4 is 0 Å². The molecule has 18 heavy (non-hydrogen) atoms. The van der Waals surface area contributed by atoms with E-state index in [1.165, 1.54) is 0 Å². The van der Waals surface area contributed by atoms with E-state index in [9.17, 15) is 9.59 Å². The van der Waals surface area contributed by atoms with E-state index in [0.717, 1.165) is 0 Å². The Balaban J connectivity index is 5.34. The normalized spacial score (nSPS) is 13.9. The van der Waals surface area contributed by atoms with Gasteiger partial charge >= 0.3 is 0 Å². The van der Waals surface area contributed by atoms with E-state index < -0.39 is 25.3 Å². The minimum Gasteiger partial charge on any atom is -0.402 e. The van der Waals surface area contributed by atoms with Gasteiger partial charge in [0.15, 0.2) is 26.0 Å². The Morgan fingerprint density at radius 3 is 1.28 bits per heavy atom. The van der Waals surface area contributed by atoms with Crippen LogP contribution in [0.25, 0.3) is 0 Å². The number of hydrogen-bond donors (Lipinski definition) is 0. The molecule has 0 rings (SSSR count). The van der Waals surface area contributed by atoms with Gasteiger partial charge in [0.2, 0.25) is 0 Å². The van der Waals surface area contributed by atoms with Crippen LogP contribution in [0.5, 0.6) is 0 Å². The van der Waals surface area contributed by atoms with E-state index >= 15 is 0 Å². The second kappa shape index (κ2) is 5.25. The molecule has 0 unspecified atom stereocenters. The van der Waals surface area contributed by atoms with Crippen LogP contribution in [0.4, 0.5) is 0 Å². The summed E-state index contributed by atoms with van der Waals surface area (Å²) in [6, 6.07) is 0. The summed E-state index contributed by atoms with van der Waals surface area (Å²) in [7, 11) is -1.95. The third-order valence-corrected chi connectivity index (χ3v) is 3.37. The van der Waals surface area contributed by atoms with Crippen LogP contribution in [0, 0.1) is 10.8 Å². The lowest BCUT2D eigenvalue weighted by Crippen LogP contribution is -2.49. The van der Waals surface area contributed by atoms with Crippen LogP contribution in [0.2, 0.25) is 19.6 Å². The average molecular weight is 272 g/mol. The minimum absolute atomic E-state index is 0.121. The van der Waals surface area contributed by atoms with E-state index in [1.807, 2.05) is 61.2 Å². The van der Waals surface area contributed by atoms with Crippen molar-refractivity contribution in [3.05, 3.63) is 0 Å². The molecule has 0 aromatic rings. The molecule has 0 N–H and O–H groups in total. The highest BCUT2D eigenvalue weighted by Crippen LogP contribution is 2.27. The lowest BCUT2D eigenvalue weighted by Gasteiger charge is -2.32. The molecule has 0 aromatic heterocycles. The molecule has 0 aliphatic carbocycles. The predicted octanol–water partition coefficient (Wildman–Crippen LogP) is 3.44. The van der Waals surface area contributed by atoms with Gasteiger partial charge in [-0.1, -0.05) is 41.5 Å². The summed E-state index contributed by atoms with van der Waals surface area (Å²) < 4.78 is 5.85. The zero-order chi connectivity index (χ0) is 14.9. The van der Waals surface area contributed by atoms with Crippen molar-refractivity contribution in [2.24, 2.45) is 10.8 Å². The molecule has 0 saturated heterocycles. The van der Waals surface area contributed by atoms with Crippen LogP contribution in [0.15, 0.2) is 0 Å². The quantitative estimate of drug-likeness (QED) is 0.581. The number of carbonyl (C=O) groups is 2. The first-order valence-corrected chi connectivity index (χ1v) is 9.83. The Bertz CT molecular complexity index is 300. The third-order valence-electron chi connectivity index (χ3n) is 2.43. The smallest absolute Gasteiger partial charge is 0.185 e. The Morgan fingerprint density at radius 2 is 1.11 bits per heavy atom. The summed E-state index contributed by atoms with van der Waals surface area (Å²) in [4.78, 5) is 24.8. The van der Waals surface area contributed by atoms with Crippen LogP contribution in [-0.2, 0) is 14.0 Å². The van der Waals surface area contributed by atoms with E-state index in [2.05, 4.69) is 0 Å². The lowest BCUT2D eigenvalue weighted by atomic mass is 9.80. The third kappa shape index (κ3) is 5.44. The molecule has 0 fully saturated rings. The van der Waals surface area contributed by atoms with E-state index in [-0.39, 0.29) is 11.6 Å². The molecule has 0 heterocycles. The van der Waals surface area contributed by atoms with E-state index in [0.29, 0.717) is 0 Å². The van der Waals surface area contributed by atoms with Gasteiger partial charge < -0.3 is 4.43 Å². The molecule has 0 saturated carbocycles. The van der Waals surface area contributed by atoms with Crippen molar-refractivity contribution in [2.45, 2.75) is 67.3 Å². The summed E-state index contributed by atoms with van der Waals surface area (Å²) in [5, 5.41) is 0. The van der Waals surface area contributed by atoms with Gasteiger partial charge in [-0.05, 0) is 19.6 Å². The van der Waals surface area contributed by atoms with Gasteiger partial charge in [-0.3, -0.25) is 9.59 Å². The first-order chi connectivity index (χ1) is 7.66. The molecular weight excluding hydrogens is 244 g/mol. The number of carbonyl (C=O) groups excluding carboxylic acids is 2. The summed E-state index contributed by atoms with van der Waals surface area (Å²) in [6.45, 7) is 16.9. The van der Waals surface area contributed by atoms with E-state index in [1.54, 1.807) is 0 Å². The van der Waals surface area contributed by atoms with Crippen LogP contribution in [-0.4, -0.2) is 26.0 Å². The SMILES string of the molecule is CC(C)(C)C(=O)C(O[Si](C)(C)C)C(=O)C(C)(C)C. The average Bonchev–Trinajstić information content (AvgIpc) is 2.07. The zero-order valence-corrected chi connectivity index (χ0v) is 14.3. The Labute approximate surface area is 112 Å². The van der Waals surface area contributed by atoms with Crippen molar-refractivity contribution in [1.82, 2.24) is 0 Å². The summed E-state index contributed by atoms with van der Waals surface area (Å²) in [5.74, 6) is -0.241. The van der Waals surface area contributed by atoms with Crippen molar-refractivity contribution >= 4 is 19.9 Å². The predicted molar refractivity (Wildman–Crippen MR) is 77.1 cm³/mol. The molecule has 0 amide bonds. The fraction of sp³-hybridized carbons (Fsp3) is 0.857. The van der Waals surface area contributed by atoms with Gasteiger partial charge in [0.25, 0.3) is 0 Å². The van der Waals surface area contributed by atoms with E-state index in [4.69, 9.17) is 4.43 Å². The summed E-state index contributed by atoms with van der Waals surface area (Å²) in [5.41, 5.74) is -1.13. The lowest BCUT2D eigenvalue weighted by molar-refractivity contribution is -0.146. The monoisotopic (exact) mass is 272 g/mol. The van der Waals surface area contributed by atoms with Gasteiger partial charge in [0.05, 0.1) is 0 Å². The van der Waals surface area contributed by atoms with Gasteiger partial charge in [-0.2, -0.15) is 0 Å². The first kappa shape index (κ1) is 17.5. The zero-order valence-electron chi connectivity index (χ0n) is 13.3. The molecule has 106 valence electrons. The van der Waals surface area contributed by atoms with Gasteiger partial charge in [-0.25, -0.2) is 0 Å². The standard InChI is InChI=1S/C14H28O3Si/c1-13(2,3)11(15)10(17-18(7,8)9)12(16)14(4,5)6/h10H,1-9H3. The first-order valence-electron chi connectivity index (χ1n) is 6.43. The molecule has 0 aliphatic heterocycles. The molecule has 0 aliphatic rings. The van der Waals surface area contributed by atoms with Crippen molar-refractivity contribution in [2.75, 3.05) is 0 Å². The second-order valence-electron chi connectivity index (χ2n) is 7.84. The van der Waals surface area contributed by atoms with Crippen LogP contribution in [0.3, 0.4) is 0 Å². The molecule has 0 spiro atoms. The molecule has 0 radical (unpaired) electrons. The maximum absolute atomic E-state index is 12.4. The fourth-order valence-electron chi connectivity index (χ4n) is 1.37. The van der Waals surface area contributed by atoms with Crippen LogP contribution in [0.1, 0.15) is 41.5 Å². The number of Topliss-reactive ketones (excluding diaryl/α,β-unsaturated/α-hetero) is 2. The Hall–Kier alpha value is -0.483. The molecule has 4 heteroatoms. The number of ketones is 2. The highest BCUT2D eigenvalue weighted by atomic mass is 28.4. The molecule has 0 bridgehead atoms. The summed E-state index contributed by atoms with van der Waals surface area (Å²) >= 11 is 0. The summed E-state index contributed by atoms with van der Waals surface area (Å²) in [6.07, 6.45) is -0.920. The maximum atomic E-state index is 12.4. The van der Waals surface area contributed by atoms with Crippen molar-refractivity contribution < 1.29 is 14.0 Å². The molecular formula is C14H28O3Si. The van der Waals surface area contributed by atoms with Gasteiger partial charge in [0.1, 0.15) is 0 Å². The highest BCUT2D eigenvalue weighted by Gasteiger charge is 2.42. The molecule has 0 aromatic carbocycles. The Morgan fingerprint density at radius 1 is 0.833 bits per heavy atom. The Kier molecular flexibility index (Phi) is 5.11. The van der Waals surface area contributed by atoms with Gasteiger partial charge in [0, 0.05) is 10.8 Å². The van der Waals surface area contributed by atoms with Crippen molar-refractivity contribution in [3.63, 3.8) is 0 Å². The number of hydrogen-bond acceptors (Lipinski definition) is 3. The van der Waals surface area contributed by atoms with Crippen molar-refractivity contribution in [1.29, 1.82) is 0 Å². The molecule has 3 nitrogen and oxygen atoms in total. The maximum Gasteiger partial charge on any atom is 0.185 e. The molecule has 0 atom stereocenters. The largest absolute Gasteiger partial charge is 0.402 e. The van der Waals surface area contributed by atoms with Gasteiger partial charge in [-0.15, -0.1) is 0 Å². The highest BCUT2D eigenvalue weighted by molar-refractivity contribution is 6.70. The minimum atomic E-state index is -1.95. The topological polar surface area (TPSA) is 43.4 Å².